The minimum Gasteiger partial charge on any atom is -0.485 e. The molecule has 2 fully saturated rings. The van der Waals surface area contributed by atoms with Gasteiger partial charge in [-0.3, -0.25) is 9.59 Å². The SMILES string of the molecule is O=C1COc2cc(F)c(C(=O)N3CC(COC4CCCCC4)C3)cc2C1. The quantitative estimate of drug-likeness (QED) is 0.828. The highest BCUT2D eigenvalue weighted by atomic mass is 19.1. The summed E-state index contributed by atoms with van der Waals surface area (Å²) in [6.07, 6.45) is 6.60. The van der Waals surface area contributed by atoms with E-state index in [0.717, 1.165) is 12.8 Å². The van der Waals surface area contributed by atoms with Crippen molar-refractivity contribution in [3.05, 3.63) is 29.1 Å². The Labute approximate surface area is 152 Å². The molecule has 0 bridgehead atoms. The van der Waals surface area contributed by atoms with Gasteiger partial charge in [0, 0.05) is 37.1 Å². The Balaban J connectivity index is 1.33. The van der Waals surface area contributed by atoms with Gasteiger partial charge in [-0.05, 0) is 18.9 Å². The van der Waals surface area contributed by atoms with Crippen LogP contribution in [0.3, 0.4) is 0 Å². The van der Waals surface area contributed by atoms with Crippen molar-refractivity contribution in [1.82, 2.24) is 4.90 Å². The van der Waals surface area contributed by atoms with Crippen LogP contribution < -0.4 is 4.74 Å². The molecule has 4 rings (SSSR count). The third-order valence-electron chi connectivity index (χ3n) is 5.52. The molecular weight excluding hydrogens is 337 g/mol. The third-order valence-corrected chi connectivity index (χ3v) is 5.52. The summed E-state index contributed by atoms with van der Waals surface area (Å²) in [5.41, 5.74) is 0.609. The largest absolute Gasteiger partial charge is 0.485 e. The molecule has 0 radical (unpaired) electrons. The Kier molecular flexibility index (Phi) is 4.94. The fraction of sp³-hybridized carbons (Fsp3) is 0.600. The molecular formula is C20H24FNO4. The second kappa shape index (κ2) is 7.35. The summed E-state index contributed by atoms with van der Waals surface area (Å²) >= 11 is 0. The zero-order valence-electron chi connectivity index (χ0n) is 14.8. The average Bonchev–Trinajstić information content (AvgIpc) is 2.61. The average molecular weight is 361 g/mol. The summed E-state index contributed by atoms with van der Waals surface area (Å²) in [6, 6.07) is 2.69. The number of fused-ring (bicyclic) bond motifs is 1. The van der Waals surface area contributed by atoms with Gasteiger partial charge in [0.05, 0.1) is 18.3 Å². The molecule has 1 saturated heterocycles. The summed E-state index contributed by atoms with van der Waals surface area (Å²) in [7, 11) is 0. The maximum atomic E-state index is 14.3. The molecule has 1 aromatic rings. The maximum Gasteiger partial charge on any atom is 0.256 e. The molecule has 1 aromatic carbocycles. The number of hydrogen-bond donors (Lipinski definition) is 0. The van der Waals surface area contributed by atoms with E-state index in [4.69, 9.17) is 9.47 Å². The van der Waals surface area contributed by atoms with Gasteiger partial charge in [-0.2, -0.15) is 0 Å². The van der Waals surface area contributed by atoms with Crippen LogP contribution in [0.4, 0.5) is 4.39 Å². The number of rotatable bonds is 4. The zero-order valence-corrected chi connectivity index (χ0v) is 14.8. The lowest BCUT2D eigenvalue weighted by molar-refractivity contribution is -0.121. The minimum absolute atomic E-state index is 0.0219. The van der Waals surface area contributed by atoms with Crippen LogP contribution in [0, 0.1) is 11.7 Å². The number of carbonyl (C=O) groups excluding carboxylic acids is 2. The second-order valence-corrected chi connectivity index (χ2v) is 7.61. The summed E-state index contributed by atoms with van der Waals surface area (Å²) in [5.74, 6) is -0.291. The molecule has 0 atom stereocenters. The molecule has 6 heteroatoms. The zero-order chi connectivity index (χ0) is 18.1. The van der Waals surface area contributed by atoms with Crippen molar-refractivity contribution in [2.24, 2.45) is 5.92 Å². The van der Waals surface area contributed by atoms with Gasteiger partial charge in [-0.25, -0.2) is 4.39 Å². The summed E-state index contributed by atoms with van der Waals surface area (Å²) < 4.78 is 25.5. The lowest BCUT2D eigenvalue weighted by atomic mass is 9.96. The van der Waals surface area contributed by atoms with E-state index in [9.17, 15) is 14.0 Å². The first-order valence-electron chi connectivity index (χ1n) is 9.48. The van der Waals surface area contributed by atoms with Crippen LogP contribution in [0.5, 0.6) is 5.75 Å². The number of nitrogens with zero attached hydrogens (tertiary/aromatic N) is 1. The number of hydrogen-bond acceptors (Lipinski definition) is 4. The fourth-order valence-electron chi connectivity index (χ4n) is 3.97. The predicted octanol–water partition coefficient (Wildman–Crippen LogP) is 2.75. The van der Waals surface area contributed by atoms with Crippen molar-refractivity contribution in [3.63, 3.8) is 0 Å². The first-order valence-corrected chi connectivity index (χ1v) is 9.48. The molecule has 0 N–H and O–H groups in total. The first-order chi connectivity index (χ1) is 12.6. The van der Waals surface area contributed by atoms with E-state index in [1.807, 2.05) is 0 Å². The van der Waals surface area contributed by atoms with E-state index in [2.05, 4.69) is 0 Å². The lowest BCUT2D eigenvalue weighted by Crippen LogP contribution is -2.52. The number of likely N-dealkylation sites (tertiary alicyclic amines) is 1. The van der Waals surface area contributed by atoms with E-state index >= 15 is 0 Å². The number of amides is 1. The highest BCUT2D eigenvalue weighted by Gasteiger charge is 2.34. The van der Waals surface area contributed by atoms with Crippen molar-refractivity contribution in [3.8, 4) is 5.75 Å². The van der Waals surface area contributed by atoms with Crippen LogP contribution in [0.1, 0.15) is 48.0 Å². The number of benzene rings is 1. The predicted molar refractivity (Wildman–Crippen MR) is 92.8 cm³/mol. The van der Waals surface area contributed by atoms with Gasteiger partial charge in [0.15, 0.2) is 5.78 Å². The molecule has 26 heavy (non-hydrogen) atoms. The summed E-state index contributed by atoms with van der Waals surface area (Å²) in [6.45, 7) is 1.83. The smallest absolute Gasteiger partial charge is 0.256 e. The second-order valence-electron chi connectivity index (χ2n) is 7.61. The number of halogens is 1. The fourth-order valence-corrected chi connectivity index (χ4v) is 3.97. The van der Waals surface area contributed by atoms with Crippen molar-refractivity contribution in [2.45, 2.75) is 44.6 Å². The third kappa shape index (κ3) is 3.61. The minimum atomic E-state index is -0.593. The Hall–Kier alpha value is -1.95. The molecule has 140 valence electrons. The van der Waals surface area contributed by atoms with Gasteiger partial charge in [-0.15, -0.1) is 0 Å². The molecule has 3 aliphatic rings. The number of carbonyl (C=O) groups is 2. The number of ketones is 1. The van der Waals surface area contributed by atoms with Crippen molar-refractivity contribution in [2.75, 3.05) is 26.3 Å². The molecule has 1 aliphatic carbocycles. The van der Waals surface area contributed by atoms with E-state index in [-0.39, 0.29) is 30.3 Å². The van der Waals surface area contributed by atoms with Gasteiger partial charge < -0.3 is 14.4 Å². The van der Waals surface area contributed by atoms with Crippen LogP contribution in [-0.2, 0) is 16.0 Å². The van der Waals surface area contributed by atoms with E-state index in [0.29, 0.717) is 43.0 Å². The van der Waals surface area contributed by atoms with E-state index in [1.54, 1.807) is 4.90 Å². The van der Waals surface area contributed by atoms with E-state index < -0.39 is 5.82 Å². The summed E-state index contributed by atoms with van der Waals surface area (Å²) in [5, 5.41) is 0. The van der Waals surface area contributed by atoms with Gasteiger partial charge in [0.1, 0.15) is 18.2 Å². The Morgan fingerprint density at radius 2 is 2.00 bits per heavy atom. The van der Waals surface area contributed by atoms with Crippen molar-refractivity contribution in [1.29, 1.82) is 0 Å². The van der Waals surface area contributed by atoms with Gasteiger partial charge in [0.25, 0.3) is 5.91 Å². The Morgan fingerprint density at radius 3 is 2.77 bits per heavy atom. The van der Waals surface area contributed by atoms with Gasteiger partial charge >= 0.3 is 0 Å². The highest BCUT2D eigenvalue weighted by molar-refractivity contribution is 5.96. The monoisotopic (exact) mass is 361 g/mol. The molecule has 1 amide bonds. The van der Waals surface area contributed by atoms with Crippen molar-refractivity contribution < 1.29 is 23.5 Å². The van der Waals surface area contributed by atoms with Crippen LogP contribution in [0.25, 0.3) is 0 Å². The molecule has 5 nitrogen and oxygen atoms in total. The Morgan fingerprint density at radius 1 is 1.23 bits per heavy atom. The van der Waals surface area contributed by atoms with Gasteiger partial charge in [-0.1, -0.05) is 19.3 Å². The first kappa shape index (κ1) is 17.5. The Bertz CT molecular complexity index is 708. The normalized spacial score (nSPS) is 21.1. The van der Waals surface area contributed by atoms with Crippen molar-refractivity contribution >= 4 is 11.7 Å². The molecule has 2 aliphatic heterocycles. The van der Waals surface area contributed by atoms with Crippen LogP contribution >= 0.6 is 0 Å². The molecule has 2 heterocycles. The van der Waals surface area contributed by atoms with E-state index in [1.165, 1.54) is 31.4 Å². The lowest BCUT2D eigenvalue weighted by Gasteiger charge is -2.40. The molecule has 0 unspecified atom stereocenters. The standard InChI is InChI=1S/C20H24FNO4/c21-18-8-19-14(6-15(23)12-26-19)7-17(18)20(24)22-9-13(10-22)11-25-16-4-2-1-3-5-16/h7-8,13,16H,1-6,9-12H2. The molecule has 0 aromatic heterocycles. The van der Waals surface area contributed by atoms with Crippen LogP contribution in [0.15, 0.2) is 12.1 Å². The number of Topliss-reactive ketones (excluding diaryl/α,β-unsaturated/α-hetero) is 1. The number of ether oxygens (including phenoxy) is 2. The molecule has 1 saturated carbocycles. The molecule has 0 spiro atoms. The van der Waals surface area contributed by atoms with Crippen LogP contribution in [0.2, 0.25) is 0 Å². The highest BCUT2D eigenvalue weighted by Crippen LogP contribution is 2.29. The van der Waals surface area contributed by atoms with Gasteiger partial charge in [0.2, 0.25) is 0 Å². The maximum absolute atomic E-state index is 14.3. The summed E-state index contributed by atoms with van der Waals surface area (Å²) in [4.78, 5) is 25.7. The topological polar surface area (TPSA) is 55.8 Å². The van der Waals surface area contributed by atoms with Crippen LogP contribution in [-0.4, -0.2) is 49.0 Å².